The quantitative estimate of drug-likeness (QED) is 0.496. The van der Waals surface area contributed by atoms with Crippen molar-refractivity contribution in [3.8, 4) is 5.75 Å². The SMILES string of the molecule is Cc1cccc(CC(=O)c2cc(Br)ccc2OCc2ccccc2)c1. The van der Waals surface area contributed by atoms with Gasteiger partial charge in [0.2, 0.25) is 0 Å². The van der Waals surface area contributed by atoms with Gasteiger partial charge in [0.15, 0.2) is 5.78 Å². The van der Waals surface area contributed by atoms with Crippen LogP contribution in [-0.4, -0.2) is 5.78 Å². The van der Waals surface area contributed by atoms with Crippen LogP contribution in [0.15, 0.2) is 77.3 Å². The average molecular weight is 395 g/mol. The van der Waals surface area contributed by atoms with Gasteiger partial charge in [-0.15, -0.1) is 0 Å². The van der Waals surface area contributed by atoms with Crippen molar-refractivity contribution in [2.75, 3.05) is 0 Å². The van der Waals surface area contributed by atoms with Crippen molar-refractivity contribution in [2.45, 2.75) is 20.0 Å². The van der Waals surface area contributed by atoms with E-state index in [0.717, 1.165) is 21.2 Å². The van der Waals surface area contributed by atoms with Crippen molar-refractivity contribution in [1.82, 2.24) is 0 Å². The Bertz CT molecular complexity index is 872. The molecule has 0 saturated heterocycles. The second-order valence-electron chi connectivity index (χ2n) is 6.00. The number of carbonyl (C=O) groups is 1. The molecule has 0 aliphatic heterocycles. The lowest BCUT2D eigenvalue weighted by molar-refractivity contribution is 0.0988. The minimum absolute atomic E-state index is 0.0509. The minimum atomic E-state index is 0.0509. The fourth-order valence-corrected chi connectivity index (χ4v) is 3.05. The summed E-state index contributed by atoms with van der Waals surface area (Å²) in [4.78, 5) is 12.8. The molecule has 0 atom stereocenters. The molecule has 0 N–H and O–H groups in total. The fourth-order valence-electron chi connectivity index (χ4n) is 2.68. The lowest BCUT2D eigenvalue weighted by atomic mass is 10.0. The maximum absolute atomic E-state index is 12.8. The van der Waals surface area contributed by atoms with Gasteiger partial charge in [-0.1, -0.05) is 76.1 Å². The Hall–Kier alpha value is -2.39. The second kappa shape index (κ2) is 8.13. The molecule has 3 aromatic rings. The molecule has 0 bridgehead atoms. The lowest BCUT2D eigenvalue weighted by Crippen LogP contribution is -2.07. The Kier molecular flexibility index (Phi) is 5.67. The highest BCUT2D eigenvalue weighted by Crippen LogP contribution is 2.26. The highest BCUT2D eigenvalue weighted by molar-refractivity contribution is 9.10. The molecular weight excluding hydrogens is 376 g/mol. The molecule has 25 heavy (non-hydrogen) atoms. The first-order valence-electron chi connectivity index (χ1n) is 8.17. The molecule has 0 unspecified atom stereocenters. The predicted molar refractivity (Wildman–Crippen MR) is 104 cm³/mol. The number of ketones is 1. The summed E-state index contributed by atoms with van der Waals surface area (Å²) < 4.78 is 6.79. The lowest BCUT2D eigenvalue weighted by Gasteiger charge is -2.12. The van der Waals surface area contributed by atoms with Gasteiger partial charge in [-0.2, -0.15) is 0 Å². The maximum atomic E-state index is 12.8. The molecule has 0 aliphatic carbocycles. The fraction of sp³-hybridized carbons (Fsp3) is 0.136. The van der Waals surface area contributed by atoms with Gasteiger partial charge in [-0.05, 0) is 36.2 Å². The molecule has 0 aromatic heterocycles. The van der Waals surface area contributed by atoms with Crippen LogP contribution >= 0.6 is 15.9 Å². The normalized spacial score (nSPS) is 10.5. The van der Waals surface area contributed by atoms with Crippen LogP contribution in [0.2, 0.25) is 0 Å². The van der Waals surface area contributed by atoms with E-state index in [-0.39, 0.29) is 5.78 Å². The monoisotopic (exact) mass is 394 g/mol. The Balaban J connectivity index is 1.79. The van der Waals surface area contributed by atoms with Crippen LogP contribution in [0, 0.1) is 6.92 Å². The number of hydrogen-bond acceptors (Lipinski definition) is 2. The van der Waals surface area contributed by atoms with E-state index in [1.807, 2.05) is 79.7 Å². The Morgan fingerprint density at radius 2 is 1.68 bits per heavy atom. The first-order chi connectivity index (χ1) is 12.1. The Morgan fingerprint density at radius 3 is 2.44 bits per heavy atom. The number of Topliss-reactive ketones (excluding diaryl/α,β-unsaturated/α-hetero) is 1. The van der Waals surface area contributed by atoms with E-state index in [1.54, 1.807) is 0 Å². The van der Waals surface area contributed by atoms with Gasteiger partial charge in [0.1, 0.15) is 12.4 Å². The van der Waals surface area contributed by atoms with Gasteiger partial charge >= 0.3 is 0 Å². The second-order valence-corrected chi connectivity index (χ2v) is 6.92. The molecule has 0 saturated carbocycles. The summed E-state index contributed by atoms with van der Waals surface area (Å²) in [5, 5.41) is 0. The van der Waals surface area contributed by atoms with E-state index in [1.165, 1.54) is 0 Å². The number of hydrogen-bond donors (Lipinski definition) is 0. The number of ether oxygens (including phenoxy) is 1. The van der Waals surface area contributed by atoms with Crippen molar-refractivity contribution in [3.63, 3.8) is 0 Å². The van der Waals surface area contributed by atoms with E-state index in [2.05, 4.69) is 15.9 Å². The molecule has 3 aromatic carbocycles. The van der Waals surface area contributed by atoms with Crippen molar-refractivity contribution >= 4 is 21.7 Å². The van der Waals surface area contributed by atoms with E-state index >= 15 is 0 Å². The summed E-state index contributed by atoms with van der Waals surface area (Å²) >= 11 is 3.45. The number of halogens is 1. The van der Waals surface area contributed by atoms with E-state index in [4.69, 9.17) is 4.74 Å². The first kappa shape index (κ1) is 17.4. The standard InChI is InChI=1S/C22H19BrO2/c1-16-6-5-9-18(12-16)13-21(24)20-14-19(23)10-11-22(20)25-15-17-7-3-2-4-8-17/h2-12,14H,13,15H2,1H3. The average Bonchev–Trinajstić information content (AvgIpc) is 2.61. The number of aryl methyl sites for hydroxylation is 1. The predicted octanol–water partition coefficient (Wildman–Crippen LogP) is 5.76. The molecule has 2 nitrogen and oxygen atoms in total. The van der Waals surface area contributed by atoms with Crippen LogP contribution in [0.5, 0.6) is 5.75 Å². The third kappa shape index (κ3) is 4.80. The zero-order chi connectivity index (χ0) is 17.6. The molecule has 126 valence electrons. The van der Waals surface area contributed by atoms with Crippen molar-refractivity contribution < 1.29 is 9.53 Å². The number of rotatable bonds is 6. The number of carbonyl (C=O) groups excluding carboxylic acids is 1. The molecule has 3 rings (SSSR count). The van der Waals surface area contributed by atoms with Gasteiger partial charge < -0.3 is 4.74 Å². The third-order valence-corrected chi connectivity index (χ3v) is 4.42. The van der Waals surface area contributed by atoms with Gasteiger partial charge in [0, 0.05) is 10.9 Å². The summed E-state index contributed by atoms with van der Waals surface area (Å²) in [6.45, 7) is 2.47. The van der Waals surface area contributed by atoms with E-state index in [9.17, 15) is 4.79 Å². The zero-order valence-corrected chi connectivity index (χ0v) is 15.6. The van der Waals surface area contributed by atoms with Gasteiger partial charge in [0.25, 0.3) is 0 Å². The highest BCUT2D eigenvalue weighted by atomic mass is 79.9. The molecule has 0 radical (unpaired) electrons. The largest absolute Gasteiger partial charge is 0.488 e. The summed E-state index contributed by atoms with van der Waals surface area (Å²) in [6, 6.07) is 23.5. The Morgan fingerprint density at radius 1 is 0.920 bits per heavy atom. The Labute approximate surface area is 156 Å². The molecule has 3 heteroatoms. The topological polar surface area (TPSA) is 26.3 Å². The van der Waals surface area contributed by atoms with Gasteiger partial charge in [-0.25, -0.2) is 0 Å². The van der Waals surface area contributed by atoms with Gasteiger partial charge in [0.05, 0.1) is 5.56 Å². The maximum Gasteiger partial charge on any atom is 0.170 e. The van der Waals surface area contributed by atoms with E-state index in [0.29, 0.717) is 24.3 Å². The van der Waals surface area contributed by atoms with Crippen molar-refractivity contribution in [3.05, 3.63) is 99.5 Å². The molecule has 0 heterocycles. The van der Waals surface area contributed by atoms with Crippen molar-refractivity contribution in [2.24, 2.45) is 0 Å². The summed E-state index contributed by atoms with van der Waals surface area (Å²) in [7, 11) is 0. The van der Waals surface area contributed by atoms with Crippen LogP contribution in [0.4, 0.5) is 0 Å². The summed E-state index contributed by atoms with van der Waals surface area (Å²) in [5.74, 6) is 0.666. The third-order valence-electron chi connectivity index (χ3n) is 3.93. The van der Waals surface area contributed by atoms with Crippen molar-refractivity contribution in [1.29, 1.82) is 0 Å². The summed E-state index contributed by atoms with van der Waals surface area (Å²) in [6.07, 6.45) is 0.361. The molecule has 0 amide bonds. The number of benzene rings is 3. The molecular formula is C22H19BrO2. The smallest absolute Gasteiger partial charge is 0.170 e. The first-order valence-corrected chi connectivity index (χ1v) is 8.96. The van der Waals surface area contributed by atoms with Crippen LogP contribution in [0.25, 0.3) is 0 Å². The molecule has 0 aliphatic rings. The molecule has 0 spiro atoms. The van der Waals surface area contributed by atoms with E-state index < -0.39 is 0 Å². The zero-order valence-electron chi connectivity index (χ0n) is 14.0. The highest BCUT2D eigenvalue weighted by Gasteiger charge is 2.14. The minimum Gasteiger partial charge on any atom is -0.488 e. The van der Waals surface area contributed by atoms with Crippen LogP contribution < -0.4 is 4.74 Å². The van der Waals surface area contributed by atoms with Crippen LogP contribution in [-0.2, 0) is 13.0 Å². The summed E-state index contributed by atoms with van der Waals surface area (Å²) in [5.41, 5.74) is 3.84. The van der Waals surface area contributed by atoms with Crippen LogP contribution in [0.1, 0.15) is 27.0 Å². The molecule has 0 fully saturated rings. The van der Waals surface area contributed by atoms with Gasteiger partial charge in [-0.3, -0.25) is 4.79 Å². The van der Waals surface area contributed by atoms with Crippen LogP contribution in [0.3, 0.4) is 0 Å².